The molecule has 0 aliphatic rings. The Bertz CT molecular complexity index is 647. The molecule has 0 spiro atoms. The number of hydrogen-bond donors (Lipinski definition) is 1. The van der Waals surface area contributed by atoms with Crippen LogP contribution >= 0.6 is 0 Å². The van der Waals surface area contributed by atoms with Crippen molar-refractivity contribution < 1.29 is 0 Å². The second-order valence-corrected chi connectivity index (χ2v) is 5.21. The normalized spacial score (nSPS) is 10.6. The third kappa shape index (κ3) is 2.67. The molecule has 1 aromatic carbocycles. The van der Waals surface area contributed by atoms with E-state index in [-0.39, 0.29) is 0 Å². The SMILES string of the molecule is Cc1nn(C(C)C)c(C)c1NCc1ccccc1C#N. The molecule has 0 radical (unpaired) electrons. The summed E-state index contributed by atoms with van der Waals surface area (Å²) >= 11 is 0. The topological polar surface area (TPSA) is 53.6 Å². The molecule has 4 heteroatoms. The minimum absolute atomic E-state index is 0.343. The monoisotopic (exact) mass is 268 g/mol. The number of nitrogens with one attached hydrogen (secondary N) is 1. The molecule has 1 aromatic heterocycles. The zero-order valence-corrected chi connectivity index (χ0v) is 12.4. The minimum Gasteiger partial charge on any atom is -0.378 e. The molecule has 0 saturated carbocycles. The van der Waals surface area contributed by atoms with E-state index in [0.29, 0.717) is 18.2 Å². The Morgan fingerprint density at radius 1 is 1.30 bits per heavy atom. The molecule has 0 saturated heterocycles. The van der Waals surface area contributed by atoms with Gasteiger partial charge in [0.25, 0.3) is 0 Å². The fourth-order valence-electron chi connectivity index (χ4n) is 2.39. The van der Waals surface area contributed by atoms with E-state index in [2.05, 4.69) is 37.3 Å². The summed E-state index contributed by atoms with van der Waals surface area (Å²) in [5.41, 5.74) is 4.90. The van der Waals surface area contributed by atoms with Crippen LogP contribution in [0, 0.1) is 25.2 Å². The molecule has 0 unspecified atom stereocenters. The van der Waals surface area contributed by atoms with Crippen LogP contribution < -0.4 is 5.32 Å². The van der Waals surface area contributed by atoms with Gasteiger partial charge >= 0.3 is 0 Å². The van der Waals surface area contributed by atoms with Crippen LogP contribution in [0.3, 0.4) is 0 Å². The van der Waals surface area contributed by atoms with Crippen molar-refractivity contribution in [3.8, 4) is 6.07 Å². The highest BCUT2D eigenvalue weighted by molar-refractivity contribution is 5.53. The molecule has 104 valence electrons. The summed E-state index contributed by atoms with van der Waals surface area (Å²) in [6.07, 6.45) is 0. The van der Waals surface area contributed by atoms with Gasteiger partial charge in [-0.1, -0.05) is 18.2 Å². The lowest BCUT2D eigenvalue weighted by atomic mass is 10.1. The van der Waals surface area contributed by atoms with Crippen LogP contribution in [0.25, 0.3) is 0 Å². The second-order valence-electron chi connectivity index (χ2n) is 5.21. The molecule has 0 bridgehead atoms. The lowest BCUT2D eigenvalue weighted by Gasteiger charge is -2.10. The maximum absolute atomic E-state index is 9.11. The van der Waals surface area contributed by atoms with Crippen LogP contribution in [-0.2, 0) is 6.54 Å². The highest BCUT2D eigenvalue weighted by Crippen LogP contribution is 2.23. The summed E-state index contributed by atoms with van der Waals surface area (Å²) in [5.74, 6) is 0. The van der Waals surface area contributed by atoms with Crippen molar-refractivity contribution in [3.05, 3.63) is 46.8 Å². The molecule has 0 aliphatic heterocycles. The number of hydrogen-bond acceptors (Lipinski definition) is 3. The first-order chi connectivity index (χ1) is 9.54. The van der Waals surface area contributed by atoms with E-state index in [1.807, 2.05) is 35.9 Å². The number of aryl methyl sites for hydroxylation is 1. The number of nitrogens with zero attached hydrogens (tertiary/aromatic N) is 3. The summed E-state index contributed by atoms with van der Waals surface area (Å²) in [6.45, 7) is 8.94. The van der Waals surface area contributed by atoms with Crippen LogP contribution in [0.5, 0.6) is 0 Å². The van der Waals surface area contributed by atoms with E-state index >= 15 is 0 Å². The largest absolute Gasteiger partial charge is 0.378 e. The molecule has 4 nitrogen and oxygen atoms in total. The third-order valence-corrected chi connectivity index (χ3v) is 3.41. The lowest BCUT2D eigenvalue weighted by molar-refractivity contribution is 0.516. The van der Waals surface area contributed by atoms with E-state index in [4.69, 9.17) is 5.26 Å². The van der Waals surface area contributed by atoms with Crippen molar-refractivity contribution >= 4 is 5.69 Å². The van der Waals surface area contributed by atoms with Gasteiger partial charge in [-0.25, -0.2) is 0 Å². The molecule has 1 heterocycles. The molecule has 1 N–H and O–H groups in total. The predicted molar refractivity (Wildman–Crippen MR) is 80.6 cm³/mol. The maximum Gasteiger partial charge on any atom is 0.0995 e. The Kier molecular flexibility index (Phi) is 4.09. The molecule has 0 aliphatic carbocycles. The standard InChI is InChI=1S/C16H20N4/c1-11(2)20-13(4)16(12(3)19-20)18-10-15-8-6-5-7-14(15)9-17/h5-8,11,18H,10H2,1-4H3. The van der Waals surface area contributed by atoms with Gasteiger partial charge in [0.05, 0.1) is 28.7 Å². The summed E-state index contributed by atoms with van der Waals surface area (Å²) < 4.78 is 2.02. The summed E-state index contributed by atoms with van der Waals surface area (Å²) in [7, 11) is 0. The zero-order chi connectivity index (χ0) is 14.7. The Morgan fingerprint density at radius 3 is 2.60 bits per heavy atom. The van der Waals surface area contributed by atoms with Gasteiger partial charge in [0.15, 0.2) is 0 Å². The van der Waals surface area contributed by atoms with Crippen molar-refractivity contribution in [3.63, 3.8) is 0 Å². The fraction of sp³-hybridized carbons (Fsp3) is 0.375. The number of anilines is 1. The van der Waals surface area contributed by atoms with E-state index < -0.39 is 0 Å². The van der Waals surface area contributed by atoms with Gasteiger partial charge in [-0.05, 0) is 39.3 Å². The zero-order valence-electron chi connectivity index (χ0n) is 12.4. The smallest absolute Gasteiger partial charge is 0.0995 e. The maximum atomic E-state index is 9.11. The van der Waals surface area contributed by atoms with E-state index in [1.54, 1.807) is 0 Å². The Morgan fingerprint density at radius 2 is 2.00 bits per heavy atom. The number of nitriles is 1. The molecule has 0 atom stereocenters. The Balaban J connectivity index is 2.22. The number of benzene rings is 1. The van der Waals surface area contributed by atoms with Crippen LogP contribution in [0.15, 0.2) is 24.3 Å². The first-order valence-corrected chi connectivity index (χ1v) is 6.82. The molecule has 20 heavy (non-hydrogen) atoms. The average Bonchev–Trinajstić information content (AvgIpc) is 2.72. The van der Waals surface area contributed by atoms with Gasteiger partial charge in [0.1, 0.15) is 0 Å². The number of rotatable bonds is 4. The fourth-order valence-corrected chi connectivity index (χ4v) is 2.39. The molecule has 0 fully saturated rings. The van der Waals surface area contributed by atoms with Gasteiger partial charge in [-0.2, -0.15) is 10.4 Å². The number of aromatic nitrogens is 2. The van der Waals surface area contributed by atoms with E-state index in [9.17, 15) is 0 Å². The van der Waals surface area contributed by atoms with E-state index in [0.717, 1.165) is 22.6 Å². The van der Waals surface area contributed by atoms with Crippen molar-refractivity contribution in [2.24, 2.45) is 0 Å². The second kappa shape index (κ2) is 5.79. The first-order valence-electron chi connectivity index (χ1n) is 6.82. The Labute approximate surface area is 120 Å². The molecule has 2 rings (SSSR count). The quantitative estimate of drug-likeness (QED) is 0.922. The molecular formula is C16H20N4. The van der Waals surface area contributed by atoms with Crippen molar-refractivity contribution in [2.75, 3.05) is 5.32 Å². The van der Waals surface area contributed by atoms with Crippen molar-refractivity contribution in [1.82, 2.24) is 9.78 Å². The average molecular weight is 268 g/mol. The summed E-state index contributed by atoms with van der Waals surface area (Å²) in [6, 6.07) is 10.2. The van der Waals surface area contributed by atoms with Crippen LogP contribution in [0.2, 0.25) is 0 Å². The predicted octanol–water partition coefficient (Wildman–Crippen LogP) is 3.56. The lowest BCUT2D eigenvalue weighted by Crippen LogP contribution is -2.06. The van der Waals surface area contributed by atoms with Gasteiger partial charge in [0.2, 0.25) is 0 Å². The molecule has 2 aromatic rings. The third-order valence-electron chi connectivity index (χ3n) is 3.41. The van der Waals surface area contributed by atoms with Crippen molar-refractivity contribution in [1.29, 1.82) is 5.26 Å². The van der Waals surface area contributed by atoms with Crippen LogP contribution in [0.4, 0.5) is 5.69 Å². The highest BCUT2D eigenvalue weighted by Gasteiger charge is 2.13. The van der Waals surface area contributed by atoms with E-state index in [1.165, 1.54) is 0 Å². The van der Waals surface area contributed by atoms with Crippen molar-refractivity contribution in [2.45, 2.75) is 40.3 Å². The summed E-state index contributed by atoms with van der Waals surface area (Å²) in [5, 5.41) is 17.1. The first kappa shape index (κ1) is 14.1. The summed E-state index contributed by atoms with van der Waals surface area (Å²) in [4.78, 5) is 0. The van der Waals surface area contributed by atoms with Gasteiger partial charge < -0.3 is 5.32 Å². The Hall–Kier alpha value is -2.28. The van der Waals surface area contributed by atoms with Crippen LogP contribution in [-0.4, -0.2) is 9.78 Å². The van der Waals surface area contributed by atoms with Crippen LogP contribution in [0.1, 0.15) is 42.4 Å². The van der Waals surface area contributed by atoms with Gasteiger partial charge in [-0.3, -0.25) is 4.68 Å². The molecular weight excluding hydrogens is 248 g/mol. The molecule has 0 amide bonds. The minimum atomic E-state index is 0.343. The van der Waals surface area contributed by atoms with Gasteiger partial charge in [-0.15, -0.1) is 0 Å². The van der Waals surface area contributed by atoms with Gasteiger partial charge in [0, 0.05) is 12.6 Å². The highest BCUT2D eigenvalue weighted by atomic mass is 15.3.